The lowest BCUT2D eigenvalue weighted by molar-refractivity contribution is -0.122. The zero-order chi connectivity index (χ0) is 12.6. The van der Waals surface area contributed by atoms with Crippen LogP contribution in [0, 0.1) is 5.82 Å². The van der Waals surface area contributed by atoms with Gasteiger partial charge in [-0.1, -0.05) is 11.2 Å². The lowest BCUT2D eigenvalue weighted by Gasteiger charge is -2.20. The van der Waals surface area contributed by atoms with Crippen molar-refractivity contribution in [2.45, 2.75) is 12.3 Å². The van der Waals surface area contributed by atoms with Crippen LogP contribution in [0.2, 0.25) is 0 Å². The Morgan fingerprint density at radius 2 is 2.29 bits per heavy atom. The Labute approximate surface area is 97.5 Å². The number of carbonyl (C=O) groups is 1. The summed E-state index contributed by atoms with van der Waals surface area (Å²) >= 11 is 0. The predicted octanol–water partition coefficient (Wildman–Crippen LogP) is 2.37. The zero-order valence-corrected chi connectivity index (χ0v) is 9.51. The van der Waals surface area contributed by atoms with Crippen molar-refractivity contribution < 1.29 is 9.18 Å². The Kier molecular flexibility index (Phi) is 2.52. The molecule has 0 aliphatic carbocycles. The van der Waals surface area contributed by atoms with Crippen LogP contribution >= 0.6 is 0 Å². The van der Waals surface area contributed by atoms with Gasteiger partial charge in [-0.3, -0.25) is 4.79 Å². The molecule has 0 aromatic heterocycles. The molecule has 1 aromatic rings. The fourth-order valence-electron chi connectivity index (χ4n) is 2.24. The van der Waals surface area contributed by atoms with Gasteiger partial charge in [0.05, 0.1) is 11.1 Å². The highest BCUT2D eigenvalue weighted by Crippen LogP contribution is 2.42. The van der Waals surface area contributed by atoms with Crippen LogP contribution in [0.1, 0.15) is 12.5 Å². The van der Waals surface area contributed by atoms with Crippen LogP contribution < -0.4 is 4.90 Å². The van der Waals surface area contributed by atoms with E-state index in [2.05, 4.69) is 10.0 Å². The fourth-order valence-corrected chi connectivity index (χ4v) is 2.24. The van der Waals surface area contributed by atoms with Crippen LogP contribution in [-0.4, -0.2) is 19.5 Å². The van der Waals surface area contributed by atoms with Gasteiger partial charge in [-0.05, 0) is 24.6 Å². The summed E-state index contributed by atoms with van der Waals surface area (Å²) < 4.78 is 13.8. The van der Waals surface area contributed by atoms with Crippen LogP contribution in [0.5, 0.6) is 0 Å². The monoisotopic (exact) mass is 234 g/mol. The average Bonchev–Trinajstić information content (AvgIpc) is 2.51. The maximum atomic E-state index is 13.8. The molecule has 6 heteroatoms. The highest BCUT2D eigenvalue weighted by atomic mass is 19.1. The first-order valence-corrected chi connectivity index (χ1v) is 5.10. The van der Waals surface area contributed by atoms with Crippen molar-refractivity contribution in [3.63, 3.8) is 0 Å². The van der Waals surface area contributed by atoms with E-state index in [0.717, 1.165) is 0 Å². The Balaban J connectivity index is 2.64. The van der Waals surface area contributed by atoms with Crippen LogP contribution in [0.4, 0.5) is 10.1 Å². The van der Waals surface area contributed by atoms with Gasteiger partial charge in [-0.25, -0.2) is 4.39 Å². The van der Waals surface area contributed by atoms with E-state index in [4.69, 9.17) is 5.53 Å². The maximum Gasteiger partial charge on any atom is 0.237 e. The lowest BCUT2D eigenvalue weighted by Crippen LogP contribution is -2.38. The third-order valence-corrected chi connectivity index (χ3v) is 3.13. The summed E-state index contributed by atoms with van der Waals surface area (Å²) in [5, 5.41) is 3.42. The van der Waals surface area contributed by atoms with Crippen molar-refractivity contribution in [1.82, 2.24) is 0 Å². The minimum atomic E-state index is -1.11. The largest absolute Gasteiger partial charge is 0.314 e. The SMILES string of the molecule is CN1C(=O)C(C)(CN=[N+]=[N-])c2c(F)cccc21. The number of carbonyl (C=O) groups excluding carboxylic acids is 1. The number of benzene rings is 1. The zero-order valence-electron chi connectivity index (χ0n) is 9.51. The minimum Gasteiger partial charge on any atom is -0.314 e. The molecule has 0 saturated carbocycles. The summed E-state index contributed by atoms with van der Waals surface area (Å²) in [6.45, 7) is 1.51. The average molecular weight is 234 g/mol. The van der Waals surface area contributed by atoms with E-state index in [-0.39, 0.29) is 12.5 Å². The number of rotatable bonds is 2. The van der Waals surface area contributed by atoms with E-state index in [0.29, 0.717) is 11.3 Å². The van der Waals surface area contributed by atoms with Crippen LogP contribution in [0.25, 0.3) is 10.4 Å². The quantitative estimate of drug-likeness (QED) is 0.440. The second-order valence-electron chi connectivity index (χ2n) is 4.22. The Morgan fingerprint density at radius 1 is 1.59 bits per heavy atom. The first kappa shape index (κ1) is 11.4. The van der Waals surface area contributed by atoms with Gasteiger partial charge in [-0.15, -0.1) is 0 Å². The van der Waals surface area contributed by atoms with Gasteiger partial charge in [-0.2, -0.15) is 0 Å². The molecule has 88 valence electrons. The predicted molar refractivity (Wildman–Crippen MR) is 61.2 cm³/mol. The van der Waals surface area contributed by atoms with E-state index >= 15 is 0 Å². The summed E-state index contributed by atoms with van der Waals surface area (Å²) in [7, 11) is 1.59. The Bertz CT molecular complexity index is 538. The molecule has 0 N–H and O–H groups in total. The summed E-state index contributed by atoms with van der Waals surface area (Å²) in [4.78, 5) is 16.2. The van der Waals surface area contributed by atoms with Gasteiger partial charge < -0.3 is 4.90 Å². The third-order valence-electron chi connectivity index (χ3n) is 3.13. The molecular weight excluding hydrogens is 223 g/mol. The number of hydrogen-bond donors (Lipinski definition) is 0. The molecule has 1 aliphatic heterocycles. The highest BCUT2D eigenvalue weighted by Gasteiger charge is 2.47. The molecule has 0 spiro atoms. The van der Waals surface area contributed by atoms with Gasteiger partial charge >= 0.3 is 0 Å². The molecule has 1 atom stereocenters. The molecule has 1 aromatic carbocycles. The molecule has 1 aliphatic rings. The first-order chi connectivity index (χ1) is 8.02. The maximum absolute atomic E-state index is 13.8. The Hall–Kier alpha value is -2.07. The number of amides is 1. The first-order valence-electron chi connectivity index (χ1n) is 5.10. The fraction of sp³-hybridized carbons (Fsp3) is 0.364. The number of nitrogens with zero attached hydrogens (tertiary/aromatic N) is 4. The molecule has 1 unspecified atom stereocenters. The van der Waals surface area contributed by atoms with Gasteiger partial charge in [0.25, 0.3) is 0 Å². The topological polar surface area (TPSA) is 69.1 Å². The number of azide groups is 1. The van der Waals surface area contributed by atoms with Crippen molar-refractivity contribution in [3.05, 3.63) is 40.0 Å². The standard InChI is InChI=1S/C11H11FN4O/c1-11(6-14-15-13)9-7(12)4-3-5-8(9)16(2)10(11)17/h3-5H,6H2,1-2H3. The van der Waals surface area contributed by atoms with E-state index in [1.807, 2.05) is 0 Å². The summed E-state index contributed by atoms with van der Waals surface area (Å²) in [5.41, 5.74) is 8.08. The molecule has 17 heavy (non-hydrogen) atoms. The lowest BCUT2D eigenvalue weighted by atomic mass is 9.83. The molecule has 1 amide bonds. The summed E-state index contributed by atoms with van der Waals surface area (Å²) in [5.74, 6) is -0.708. The molecule has 0 radical (unpaired) electrons. The number of fused-ring (bicyclic) bond motifs is 1. The molecule has 5 nitrogen and oxygen atoms in total. The molecule has 1 heterocycles. The normalized spacial score (nSPS) is 22.3. The second-order valence-corrected chi connectivity index (χ2v) is 4.22. The van der Waals surface area contributed by atoms with Crippen molar-refractivity contribution >= 4 is 11.6 Å². The minimum absolute atomic E-state index is 0.0827. The molecular formula is C11H11FN4O. The number of hydrogen-bond acceptors (Lipinski definition) is 2. The van der Waals surface area contributed by atoms with Crippen molar-refractivity contribution in [2.24, 2.45) is 5.11 Å². The van der Waals surface area contributed by atoms with Gasteiger partial charge in [0.2, 0.25) is 5.91 Å². The van der Waals surface area contributed by atoms with E-state index in [9.17, 15) is 9.18 Å². The van der Waals surface area contributed by atoms with Gasteiger partial charge in [0.15, 0.2) is 0 Å². The van der Waals surface area contributed by atoms with Crippen molar-refractivity contribution in [2.75, 3.05) is 18.5 Å². The van der Waals surface area contributed by atoms with Crippen LogP contribution in [-0.2, 0) is 10.2 Å². The molecule has 0 saturated heterocycles. The molecule has 0 bridgehead atoms. The highest BCUT2D eigenvalue weighted by molar-refractivity contribution is 6.07. The number of likely N-dealkylation sites (N-methyl/N-ethyl adjacent to an activating group) is 1. The van der Waals surface area contributed by atoms with Gasteiger partial charge in [0, 0.05) is 24.1 Å². The second kappa shape index (κ2) is 3.75. The van der Waals surface area contributed by atoms with Gasteiger partial charge in [0.1, 0.15) is 5.82 Å². The number of anilines is 1. The van der Waals surface area contributed by atoms with Crippen LogP contribution in [0.3, 0.4) is 0 Å². The third kappa shape index (κ3) is 1.45. The van der Waals surface area contributed by atoms with E-state index in [1.165, 1.54) is 11.0 Å². The summed E-state index contributed by atoms with van der Waals surface area (Å²) in [6, 6.07) is 4.54. The van der Waals surface area contributed by atoms with Crippen molar-refractivity contribution in [3.8, 4) is 0 Å². The molecule has 0 fully saturated rings. The smallest absolute Gasteiger partial charge is 0.237 e. The summed E-state index contributed by atoms with van der Waals surface area (Å²) in [6.07, 6.45) is 0. The van der Waals surface area contributed by atoms with E-state index < -0.39 is 11.2 Å². The number of halogens is 1. The van der Waals surface area contributed by atoms with E-state index in [1.54, 1.807) is 26.1 Å². The van der Waals surface area contributed by atoms with Crippen molar-refractivity contribution in [1.29, 1.82) is 0 Å². The molecule has 2 rings (SSSR count). The Morgan fingerprint density at radius 3 is 2.94 bits per heavy atom. The van der Waals surface area contributed by atoms with Crippen LogP contribution in [0.15, 0.2) is 23.3 Å².